The second-order valence-corrected chi connectivity index (χ2v) is 10.1. The van der Waals surface area contributed by atoms with E-state index in [0.717, 1.165) is 23.9 Å². The predicted octanol–water partition coefficient (Wildman–Crippen LogP) is 1.62. The average Bonchev–Trinajstić information content (AvgIpc) is 2.64. The van der Waals surface area contributed by atoms with Gasteiger partial charge in [-0.25, -0.2) is 8.42 Å². The molecule has 2 bridgehead atoms. The van der Waals surface area contributed by atoms with Gasteiger partial charge in [-0.2, -0.15) is 0 Å². The van der Waals surface area contributed by atoms with Crippen LogP contribution >= 0.6 is 0 Å². The van der Waals surface area contributed by atoms with E-state index in [1.165, 1.54) is 0 Å². The number of likely N-dealkylation sites (tertiary alicyclic amines) is 1. The fourth-order valence-corrected chi connectivity index (χ4v) is 5.31. The topological polar surface area (TPSA) is 76.5 Å². The van der Waals surface area contributed by atoms with Crippen molar-refractivity contribution in [2.24, 2.45) is 5.92 Å². The minimum atomic E-state index is -3.37. The molecule has 2 aliphatic rings. The van der Waals surface area contributed by atoms with Crippen LogP contribution in [0, 0.1) is 5.92 Å². The van der Waals surface area contributed by atoms with Gasteiger partial charge in [0.05, 0.1) is 0 Å². The zero-order chi connectivity index (χ0) is 19.9. The molecule has 0 saturated carbocycles. The van der Waals surface area contributed by atoms with Crippen LogP contribution in [0.4, 0.5) is 0 Å². The molecular weight excluding hydrogens is 376 g/mol. The van der Waals surface area contributed by atoms with Crippen LogP contribution in [-0.2, 0) is 21.1 Å². The summed E-state index contributed by atoms with van der Waals surface area (Å²) in [7, 11) is -3.37. The number of pyridine rings is 1. The largest absolute Gasteiger partial charge is 0.341 e. The Labute approximate surface area is 164 Å². The third kappa shape index (κ3) is 3.76. The second kappa shape index (κ2) is 7.20. The van der Waals surface area contributed by atoms with Crippen LogP contribution < -0.4 is 5.56 Å². The van der Waals surface area contributed by atoms with Crippen molar-refractivity contribution in [2.45, 2.75) is 24.8 Å². The molecule has 7 heteroatoms. The summed E-state index contributed by atoms with van der Waals surface area (Å²) in [5.74, 6) is -0.627. The lowest BCUT2D eigenvalue weighted by atomic mass is 9.76. The highest BCUT2D eigenvalue weighted by Crippen LogP contribution is 2.42. The van der Waals surface area contributed by atoms with Gasteiger partial charge in [-0.15, -0.1) is 0 Å². The lowest BCUT2D eigenvalue weighted by Gasteiger charge is -2.47. The van der Waals surface area contributed by atoms with Gasteiger partial charge in [0.2, 0.25) is 5.91 Å². The van der Waals surface area contributed by atoms with Crippen LogP contribution in [0.3, 0.4) is 0 Å². The van der Waals surface area contributed by atoms with E-state index in [-0.39, 0.29) is 29.3 Å². The van der Waals surface area contributed by atoms with E-state index in [1.54, 1.807) is 17.0 Å². The minimum absolute atomic E-state index is 0.0101. The molecule has 6 nitrogen and oxygen atoms in total. The van der Waals surface area contributed by atoms with Crippen molar-refractivity contribution in [1.29, 1.82) is 0 Å². The number of rotatable bonds is 4. The van der Waals surface area contributed by atoms with E-state index >= 15 is 0 Å². The molecule has 0 N–H and O–H groups in total. The molecule has 1 saturated heterocycles. The molecule has 148 valence electrons. The third-order valence-electron chi connectivity index (χ3n) is 5.82. The zero-order valence-corrected chi connectivity index (χ0v) is 16.6. The van der Waals surface area contributed by atoms with Gasteiger partial charge >= 0.3 is 0 Å². The number of carbonyl (C=O) groups is 1. The number of piperidine rings is 1. The molecule has 4 rings (SSSR count). The molecule has 28 heavy (non-hydrogen) atoms. The molecule has 3 atom stereocenters. The number of sulfone groups is 1. The summed E-state index contributed by atoms with van der Waals surface area (Å²) in [4.78, 5) is 26.9. The molecule has 1 amide bonds. The number of amides is 1. The molecule has 2 aromatic rings. The van der Waals surface area contributed by atoms with E-state index in [9.17, 15) is 18.0 Å². The first-order chi connectivity index (χ1) is 13.3. The molecule has 0 spiro atoms. The Morgan fingerprint density at radius 2 is 1.82 bits per heavy atom. The maximum Gasteiger partial charge on any atom is 0.251 e. The number of benzene rings is 1. The Bertz CT molecular complexity index is 1050. The van der Waals surface area contributed by atoms with Crippen LogP contribution in [0.25, 0.3) is 0 Å². The zero-order valence-electron chi connectivity index (χ0n) is 15.8. The number of hydrogen-bond donors (Lipinski definition) is 0. The maximum absolute atomic E-state index is 12.7. The van der Waals surface area contributed by atoms with E-state index in [1.807, 2.05) is 28.8 Å². The Hall–Kier alpha value is -2.41. The Morgan fingerprint density at radius 1 is 1.07 bits per heavy atom. The van der Waals surface area contributed by atoms with Gasteiger partial charge in [0.25, 0.3) is 5.56 Å². The quantitative estimate of drug-likeness (QED) is 0.782. The van der Waals surface area contributed by atoms with Crippen LogP contribution in [0.15, 0.2) is 53.3 Å². The lowest BCUT2D eigenvalue weighted by Crippen LogP contribution is -2.52. The number of carbonyl (C=O) groups excluding carboxylic acids is 1. The molecule has 1 aromatic heterocycles. The molecule has 2 aliphatic heterocycles. The van der Waals surface area contributed by atoms with E-state index in [0.29, 0.717) is 19.5 Å². The lowest BCUT2D eigenvalue weighted by molar-refractivity contribution is -0.131. The minimum Gasteiger partial charge on any atom is -0.341 e. The van der Waals surface area contributed by atoms with Crippen LogP contribution in [0.2, 0.25) is 0 Å². The summed E-state index contributed by atoms with van der Waals surface area (Å²) in [5, 5.41) is 0. The summed E-state index contributed by atoms with van der Waals surface area (Å²) >= 11 is 0. The summed E-state index contributed by atoms with van der Waals surface area (Å²) in [5.41, 5.74) is 2.08. The molecule has 0 unspecified atom stereocenters. The SMILES string of the molecule is CS(=O)(=O)CC(=O)N1C[C@H]2C[C@@H](C1)[C@H](Cc1ccccc1)n1c2cccc1=O. The van der Waals surface area contributed by atoms with Gasteiger partial charge in [-0.1, -0.05) is 36.4 Å². The molecule has 1 fully saturated rings. The fourth-order valence-electron chi connectivity index (χ4n) is 4.68. The second-order valence-electron chi connectivity index (χ2n) is 7.98. The summed E-state index contributed by atoms with van der Waals surface area (Å²) in [6.07, 6.45) is 2.70. The van der Waals surface area contributed by atoms with Gasteiger partial charge < -0.3 is 9.47 Å². The van der Waals surface area contributed by atoms with Crippen LogP contribution in [0.5, 0.6) is 0 Å². The number of hydrogen-bond acceptors (Lipinski definition) is 4. The number of fused-ring (bicyclic) bond motifs is 4. The highest BCUT2D eigenvalue weighted by Gasteiger charge is 2.41. The molecule has 0 aliphatic carbocycles. The van der Waals surface area contributed by atoms with Crippen LogP contribution in [0.1, 0.15) is 29.6 Å². The first-order valence-corrected chi connectivity index (χ1v) is 11.6. The summed E-state index contributed by atoms with van der Waals surface area (Å²) in [6, 6.07) is 15.3. The number of aromatic nitrogens is 1. The summed E-state index contributed by atoms with van der Waals surface area (Å²) < 4.78 is 25.1. The van der Waals surface area contributed by atoms with Crippen molar-refractivity contribution < 1.29 is 13.2 Å². The van der Waals surface area contributed by atoms with Crippen molar-refractivity contribution in [2.75, 3.05) is 25.1 Å². The standard InChI is InChI=1S/C21H24N2O4S/c1-28(26,27)14-21(25)22-12-16-11-17(13-22)19(10-15-6-3-2-4-7-15)23-18(16)8-5-9-20(23)24/h2-9,16-17,19H,10-14H2,1H3/t16-,17+,19+/m1/s1. The van der Waals surface area contributed by atoms with Crippen LogP contribution in [-0.4, -0.2) is 48.9 Å². The molecule has 0 radical (unpaired) electrons. The molecule has 1 aromatic carbocycles. The first kappa shape index (κ1) is 18.9. The Morgan fingerprint density at radius 3 is 2.54 bits per heavy atom. The van der Waals surface area contributed by atoms with E-state index in [4.69, 9.17) is 0 Å². The fraction of sp³-hybridized carbons (Fsp3) is 0.429. The first-order valence-electron chi connectivity index (χ1n) is 9.53. The van der Waals surface area contributed by atoms with Gasteiger partial charge in [0.1, 0.15) is 5.75 Å². The monoisotopic (exact) mass is 400 g/mol. The van der Waals surface area contributed by atoms with Gasteiger partial charge in [0.15, 0.2) is 9.84 Å². The van der Waals surface area contributed by atoms with Crippen molar-refractivity contribution in [1.82, 2.24) is 9.47 Å². The Balaban J connectivity index is 1.70. The van der Waals surface area contributed by atoms with E-state index < -0.39 is 15.6 Å². The van der Waals surface area contributed by atoms with Crippen molar-refractivity contribution in [3.8, 4) is 0 Å². The van der Waals surface area contributed by atoms with Crippen molar-refractivity contribution in [3.05, 3.63) is 70.1 Å². The van der Waals surface area contributed by atoms with Crippen molar-refractivity contribution >= 4 is 15.7 Å². The highest BCUT2D eigenvalue weighted by atomic mass is 32.2. The number of nitrogens with zero attached hydrogens (tertiary/aromatic N) is 2. The molecule has 3 heterocycles. The summed E-state index contributed by atoms with van der Waals surface area (Å²) in [6.45, 7) is 0.954. The molecular formula is C21H24N2O4S. The Kier molecular flexibility index (Phi) is 4.87. The van der Waals surface area contributed by atoms with E-state index in [2.05, 4.69) is 12.1 Å². The normalized spacial score (nSPS) is 23.9. The average molecular weight is 401 g/mol. The van der Waals surface area contributed by atoms with Crippen molar-refractivity contribution in [3.63, 3.8) is 0 Å². The predicted molar refractivity (Wildman–Crippen MR) is 107 cm³/mol. The van der Waals surface area contributed by atoms with Gasteiger partial charge in [0, 0.05) is 43.1 Å². The smallest absolute Gasteiger partial charge is 0.251 e. The third-order valence-corrected chi connectivity index (χ3v) is 6.60. The van der Waals surface area contributed by atoms with Gasteiger partial charge in [-0.05, 0) is 30.4 Å². The maximum atomic E-state index is 12.7. The highest BCUT2D eigenvalue weighted by molar-refractivity contribution is 7.91. The van der Waals surface area contributed by atoms with Gasteiger partial charge in [-0.3, -0.25) is 9.59 Å².